The summed E-state index contributed by atoms with van der Waals surface area (Å²) < 4.78 is 0. The van der Waals surface area contributed by atoms with Crippen LogP contribution < -0.4 is 0 Å². The van der Waals surface area contributed by atoms with E-state index < -0.39 is 0 Å². The molecule has 0 aliphatic carbocycles. The second-order valence-electron chi connectivity index (χ2n) is 1.55. The molecule has 0 aromatic heterocycles. The maximum Gasteiger partial charge on any atom is -0.0293 e. The molecule has 0 spiro atoms. The Kier molecular flexibility index (Phi) is 12.1. The van der Waals surface area contributed by atoms with E-state index >= 15 is 0 Å². The summed E-state index contributed by atoms with van der Waals surface area (Å²) in [7, 11) is 0. The van der Waals surface area contributed by atoms with E-state index in [2.05, 4.69) is 20.4 Å². The lowest BCUT2D eigenvalue weighted by Gasteiger charge is -1.84. The van der Waals surface area contributed by atoms with E-state index in [4.69, 9.17) is 10.1 Å². The molecule has 0 aromatic carbocycles. The van der Waals surface area contributed by atoms with Crippen LogP contribution in [0.15, 0.2) is 18.0 Å². The van der Waals surface area contributed by atoms with Crippen LogP contribution in [0.1, 0.15) is 13.8 Å². The Morgan fingerprint density at radius 1 is 1.75 bits per heavy atom. The van der Waals surface area contributed by atoms with Crippen LogP contribution in [-0.2, 0) is 0 Å². The van der Waals surface area contributed by atoms with Crippen molar-refractivity contribution in [2.45, 2.75) is 13.8 Å². The van der Waals surface area contributed by atoms with Gasteiger partial charge < -0.3 is 10.1 Å². The predicted octanol–water partition coefficient (Wildman–Crippen LogP) is 2.08. The van der Waals surface area contributed by atoms with Crippen molar-refractivity contribution < 1.29 is 0 Å². The van der Waals surface area contributed by atoms with E-state index in [1.165, 1.54) is 0 Å². The molecule has 0 fully saturated rings. The van der Waals surface area contributed by atoms with Crippen LogP contribution in [-0.4, -0.2) is 0 Å². The first-order chi connectivity index (χ1) is 3.68. The Labute approximate surface area is 49.0 Å². The summed E-state index contributed by atoms with van der Waals surface area (Å²) in [6, 6.07) is 0. The molecule has 0 aliphatic heterocycles. The Hall–Kier alpha value is -0.860. The Morgan fingerprint density at radius 2 is 1.88 bits per heavy atom. The minimum absolute atomic E-state index is 0.648. The molecule has 0 rings (SSSR count). The van der Waals surface area contributed by atoms with Gasteiger partial charge in [0.25, 0.3) is 0 Å². The lowest BCUT2D eigenvalue weighted by molar-refractivity contribution is 0.835. The normalized spacial score (nSPS) is 6.88. The minimum Gasteiger partial charge on any atom is -0.444 e. The summed E-state index contributed by atoms with van der Waals surface area (Å²) >= 11 is 0. The van der Waals surface area contributed by atoms with Crippen LogP contribution in [0.4, 0.5) is 0 Å². The fourth-order valence-electron chi connectivity index (χ4n) is 0. The summed E-state index contributed by atoms with van der Waals surface area (Å²) in [6.45, 7) is 7.77. The van der Waals surface area contributed by atoms with Crippen LogP contribution >= 0.6 is 0 Å². The fraction of sp³-hybridized carbons (Fsp3) is 0.600. The zero-order valence-electron chi connectivity index (χ0n) is 5.13. The molecule has 0 saturated carbocycles. The number of hydrogen-bond acceptors (Lipinski definition) is 3. The third-order valence-corrected chi connectivity index (χ3v) is 0.471. The average Bonchev–Trinajstić information content (AvgIpc) is 1.69. The summed E-state index contributed by atoms with van der Waals surface area (Å²) in [5, 5.41) is 9.00. The van der Waals surface area contributed by atoms with Gasteiger partial charge in [-0.2, -0.15) is 0 Å². The number of hydrogen-bond donors (Lipinski definition) is 0. The fourth-order valence-corrected chi connectivity index (χ4v) is 0. The highest BCUT2D eigenvalue weighted by atomic mass is 16.6. The van der Waals surface area contributed by atoms with Crippen molar-refractivity contribution >= 4 is 0 Å². The zero-order chi connectivity index (χ0) is 6.99. The van der Waals surface area contributed by atoms with Gasteiger partial charge in [-0.1, -0.05) is 19.9 Å². The summed E-state index contributed by atoms with van der Waals surface area (Å²) in [6.07, 6.45) is 1.92. The van der Waals surface area contributed by atoms with E-state index in [0.29, 0.717) is 5.92 Å². The first-order valence-electron chi connectivity index (χ1n) is 2.26. The Balaban J connectivity index is 0. The molecule has 0 amide bonds. The molecule has 0 heterocycles. The molecule has 0 aromatic rings. The molecule has 3 heteroatoms. The van der Waals surface area contributed by atoms with Gasteiger partial charge in [-0.15, -0.1) is 11.9 Å². The molecule has 48 valence electrons. The van der Waals surface area contributed by atoms with Crippen molar-refractivity contribution in [3.8, 4) is 0 Å². The van der Waals surface area contributed by atoms with Crippen LogP contribution in [0.2, 0.25) is 0 Å². The highest BCUT2D eigenvalue weighted by Crippen LogP contribution is 1.87. The maximum absolute atomic E-state index is 8.00. The van der Waals surface area contributed by atoms with Gasteiger partial charge in [-0.25, -0.2) is 0 Å². The van der Waals surface area contributed by atoms with Gasteiger partial charge in [-0.05, 0) is 5.92 Å². The van der Waals surface area contributed by atoms with E-state index in [9.17, 15) is 0 Å². The van der Waals surface area contributed by atoms with Gasteiger partial charge in [0.15, 0.2) is 0 Å². The van der Waals surface area contributed by atoms with Crippen molar-refractivity contribution in [3.63, 3.8) is 0 Å². The standard InChI is InChI=1S/C5H10.HNO2/c1-4-5(2)3;2-1-3/h4-5H,1H2,2-3H3;(H,2,3)/p-1. The van der Waals surface area contributed by atoms with Crippen LogP contribution in [0.25, 0.3) is 0 Å². The van der Waals surface area contributed by atoms with Crippen molar-refractivity contribution in [1.82, 2.24) is 0 Å². The van der Waals surface area contributed by atoms with Gasteiger partial charge in [-0.3, -0.25) is 0 Å². The van der Waals surface area contributed by atoms with Gasteiger partial charge in [0.2, 0.25) is 0 Å². The molecule has 0 radical (unpaired) electrons. The van der Waals surface area contributed by atoms with Gasteiger partial charge in [0.1, 0.15) is 0 Å². The van der Waals surface area contributed by atoms with Crippen molar-refractivity contribution in [1.29, 1.82) is 0 Å². The first kappa shape index (κ1) is 10.2. The van der Waals surface area contributed by atoms with E-state index in [-0.39, 0.29) is 0 Å². The predicted molar refractivity (Wildman–Crippen MR) is 34.2 cm³/mol. The third-order valence-electron chi connectivity index (χ3n) is 0.471. The van der Waals surface area contributed by atoms with Crippen molar-refractivity contribution in [2.24, 2.45) is 11.3 Å². The Bertz CT molecular complexity index is 61.4. The monoisotopic (exact) mass is 116 g/mol. The quantitative estimate of drug-likeness (QED) is 0.299. The third kappa shape index (κ3) is 67.8. The SMILES string of the molecule is C=CC(C)C.O=N[O-]. The summed E-state index contributed by atoms with van der Waals surface area (Å²) in [5.74, 6) is 0.648. The zero-order valence-corrected chi connectivity index (χ0v) is 5.13. The van der Waals surface area contributed by atoms with E-state index in [0.717, 1.165) is 5.34 Å². The molecule has 0 bridgehead atoms. The summed E-state index contributed by atoms with van der Waals surface area (Å²) in [5.41, 5.74) is 0. The molecule has 0 saturated heterocycles. The van der Waals surface area contributed by atoms with Crippen molar-refractivity contribution in [3.05, 3.63) is 22.8 Å². The molecule has 0 atom stereocenters. The minimum atomic E-state index is 0.648. The smallest absolute Gasteiger partial charge is 0.0293 e. The molecule has 0 aliphatic rings. The molecule has 3 nitrogen and oxygen atoms in total. The highest BCUT2D eigenvalue weighted by Gasteiger charge is 1.73. The summed E-state index contributed by atoms with van der Waals surface area (Å²) in [4.78, 5) is 8.00. The van der Waals surface area contributed by atoms with Crippen molar-refractivity contribution in [2.75, 3.05) is 0 Å². The largest absolute Gasteiger partial charge is 0.444 e. The first-order valence-corrected chi connectivity index (χ1v) is 2.26. The van der Waals surface area contributed by atoms with Gasteiger partial charge in [0.05, 0.1) is 0 Å². The molecular weight excluding hydrogens is 106 g/mol. The lowest BCUT2D eigenvalue weighted by Crippen LogP contribution is -1.71. The highest BCUT2D eigenvalue weighted by molar-refractivity contribution is 4.69. The second kappa shape index (κ2) is 9.46. The number of allylic oxidation sites excluding steroid dienone is 1. The Morgan fingerprint density at radius 3 is 1.88 bits per heavy atom. The topological polar surface area (TPSA) is 52.5 Å². The lowest BCUT2D eigenvalue weighted by atomic mass is 10.2. The van der Waals surface area contributed by atoms with Gasteiger partial charge >= 0.3 is 0 Å². The molecule has 0 N–H and O–H groups in total. The number of rotatable bonds is 1. The van der Waals surface area contributed by atoms with Crippen LogP contribution in [0.5, 0.6) is 0 Å². The number of nitrogens with zero attached hydrogens (tertiary/aromatic N) is 1. The van der Waals surface area contributed by atoms with E-state index in [1.54, 1.807) is 0 Å². The van der Waals surface area contributed by atoms with Gasteiger partial charge in [0, 0.05) is 0 Å². The molecule has 8 heavy (non-hydrogen) atoms. The second-order valence-corrected chi connectivity index (χ2v) is 1.55. The van der Waals surface area contributed by atoms with Crippen LogP contribution in [0, 0.1) is 16.0 Å². The maximum atomic E-state index is 8.00. The van der Waals surface area contributed by atoms with Crippen LogP contribution in [0.3, 0.4) is 0 Å². The molecular formula is C5H10NO2-. The van der Waals surface area contributed by atoms with E-state index in [1.807, 2.05) is 6.08 Å². The average molecular weight is 116 g/mol. The molecule has 0 unspecified atom stereocenters.